The molecule has 0 radical (unpaired) electrons. The molecule has 0 saturated heterocycles. The largest absolute Gasteiger partial charge is 0.275 e. The van der Waals surface area contributed by atoms with Crippen molar-refractivity contribution in [1.82, 2.24) is 14.6 Å². The zero-order valence-corrected chi connectivity index (χ0v) is 12.3. The van der Waals surface area contributed by atoms with Crippen molar-refractivity contribution in [2.45, 2.75) is 0 Å². The fraction of sp³-hybridized carbons (Fsp3) is 0. The van der Waals surface area contributed by atoms with E-state index >= 15 is 0 Å². The van der Waals surface area contributed by atoms with E-state index in [1.165, 1.54) is 10.6 Å². The molecular formula is C13H7Cl2N3OS. The van der Waals surface area contributed by atoms with E-state index in [9.17, 15) is 4.79 Å². The van der Waals surface area contributed by atoms with Gasteiger partial charge in [0.25, 0.3) is 5.56 Å². The highest BCUT2D eigenvalue weighted by Gasteiger charge is 2.05. The second kappa shape index (κ2) is 5.36. The molecule has 2 heterocycles. The summed E-state index contributed by atoms with van der Waals surface area (Å²) >= 11 is 12.8. The van der Waals surface area contributed by atoms with E-state index in [0.717, 1.165) is 16.9 Å². The molecule has 3 aromatic rings. The summed E-state index contributed by atoms with van der Waals surface area (Å²) in [5.41, 5.74) is 1.22. The Morgan fingerprint density at radius 3 is 2.85 bits per heavy atom. The SMILES string of the molecule is O=c1cc(/C=C/c2cccc(Cl)c2)nc2sc(Cl)nn12. The molecule has 2 aromatic heterocycles. The van der Waals surface area contributed by atoms with Gasteiger partial charge < -0.3 is 0 Å². The van der Waals surface area contributed by atoms with Crippen LogP contribution in [-0.2, 0) is 0 Å². The van der Waals surface area contributed by atoms with Gasteiger partial charge in [-0.25, -0.2) is 4.98 Å². The number of fused-ring (bicyclic) bond motifs is 1. The molecule has 0 bridgehead atoms. The maximum absolute atomic E-state index is 11.8. The van der Waals surface area contributed by atoms with Crippen molar-refractivity contribution in [3.05, 3.63) is 61.4 Å². The first-order valence-electron chi connectivity index (χ1n) is 5.62. The molecule has 0 saturated carbocycles. The fourth-order valence-electron chi connectivity index (χ4n) is 1.68. The Morgan fingerprint density at radius 2 is 2.05 bits per heavy atom. The molecule has 4 nitrogen and oxygen atoms in total. The van der Waals surface area contributed by atoms with E-state index in [1.54, 1.807) is 12.1 Å². The minimum atomic E-state index is -0.260. The summed E-state index contributed by atoms with van der Waals surface area (Å²) in [5, 5.41) is 4.53. The van der Waals surface area contributed by atoms with Crippen LogP contribution in [0.3, 0.4) is 0 Å². The Morgan fingerprint density at radius 1 is 1.20 bits per heavy atom. The summed E-state index contributed by atoms with van der Waals surface area (Å²) in [5.74, 6) is 0. The predicted octanol–water partition coefficient (Wildman–Crippen LogP) is 3.63. The van der Waals surface area contributed by atoms with Crippen LogP contribution in [0.4, 0.5) is 0 Å². The van der Waals surface area contributed by atoms with Gasteiger partial charge in [0, 0.05) is 11.1 Å². The van der Waals surface area contributed by atoms with Gasteiger partial charge in [0.2, 0.25) is 9.43 Å². The minimum absolute atomic E-state index is 0.260. The number of benzene rings is 1. The zero-order chi connectivity index (χ0) is 14.1. The third kappa shape index (κ3) is 2.75. The van der Waals surface area contributed by atoms with Gasteiger partial charge in [-0.3, -0.25) is 4.79 Å². The van der Waals surface area contributed by atoms with Crippen LogP contribution in [0.25, 0.3) is 17.1 Å². The van der Waals surface area contributed by atoms with Crippen LogP contribution in [0.5, 0.6) is 0 Å². The second-order valence-corrected chi connectivity index (χ2v) is 5.93. The van der Waals surface area contributed by atoms with E-state index < -0.39 is 0 Å². The van der Waals surface area contributed by atoms with Gasteiger partial charge in [-0.15, -0.1) is 5.10 Å². The van der Waals surface area contributed by atoms with Gasteiger partial charge in [0.15, 0.2) is 0 Å². The molecule has 3 rings (SSSR count). The summed E-state index contributed by atoms with van der Waals surface area (Å²) in [7, 11) is 0. The van der Waals surface area contributed by atoms with Crippen LogP contribution >= 0.6 is 34.5 Å². The van der Waals surface area contributed by atoms with E-state index in [4.69, 9.17) is 23.2 Å². The Hall–Kier alpha value is -1.69. The first kappa shape index (κ1) is 13.3. The van der Waals surface area contributed by atoms with E-state index in [0.29, 0.717) is 15.7 Å². The number of rotatable bonds is 2. The lowest BCUT2D eigenvalue weighted by molar-refractivity contribution is 0.897. The molecule has 0 amide bonds. The molecule has 0 aliphatic heterocycles. The van der Waals surface area contributed by atoms with Gasteiger partial charge in [-0.05, 0) is 35.4 Å². The molecule has 1 aromatic carbocycles. The summed E-state index contributed by atoms with van der Waals surface area (Å²) < 4.78 is 1.47. The summed E-state index contributed by atoms with van der Waals surface area (Å²) in [4.78, 5) is 16.6. The van der Waals surface area contributed by atoms with Crippen molar-refractivity contribution in [2.24, 2.45) is 0 Å². The van der Waals surface area contributed by atoms with Crippen molar-refractivity contribution >= 4 is 51.7 Å². The lowest BCUT2D eigenvalue weighted by Gasteiger charge is -1.95. The van der Waals surface area contributed by atoms with Gasteiger partial charge in [-0.2, -0.15) is 4.52 Å². The molecule has 100 valence electrons. The number of halogens is 2. The Labute approximate surface area is 127 Å². The monoisotopic (exact) mass is 323 g/mol. The third-order valence-corrected chi connectivity index (χ3v) is 3.77. The first-order chi connectivity index (χ1) is 9.61. The van der Waals surface area contributed by atoms with Gasteiger partial charge >= 0.3 is 0 Å². The maximum atomic E-state index is 11.8. The summed E-state index contributed by atoms with van der Waals surface area (Å²) in [6.07, 6.45) is 3.59. The quantitative estimate of drug-likeness (QED) is 0.723. The molecule has 0 fully saturated rings. The predicted molar refractivity (Wildman–Crippen MR) is 82.5 cm³/mol. The summed E-state index contributed by atoms with van der Waals surface area (Å²) in [6, 6.07) is 8.81. The highest BCUT2D eigenvalue weighted by Crippen LogP contribution is 2.17. The van der Waals surface area contributed by atoms with Gasteiger partial charge in [0.05, 0.1) is 5.69 Å². The van der Waals surface area contributed by atoms with E-state index in [2.05, 4.69) is 10.1 Å². The Bertz CT molecular complexity index is 869. The van der Waals surface area contributed by atoms with Crippen molar-refractivity contribution in [3.63, 3.8) is 0 Å². The van der Waals surface area contributed by atoms with E-state index in [-0.39, 0.29) is 10.0 Å². The number of nitrogens with zero attached hydrogens (tertiary/aromatic N) is 3. The fourth-order valence-corrected chi connectivity index (χ4v) is 2.80. The summed E-state index contributed by atoms with van der Waals surface area (Å²) in [6.45, 7) is 0. The zero-order valence-electron chi connectivity index (χ0n) is 9.96. The number of aromatic nitrogens is 3. The van der Waals surface area contributed by atoms with Crippen LogP contribution in [-0.4, -0.2) is 14.6 Å². The van der Waals surface area contributed by atoms with E-state index in [1.807, 2.05) is 24.3 Å². The smallest absolute Gasteiger partial charge is 0.267 e. The molecule has 7 heteroatoms. The van der Waals surface area contributed by atoms with Crippen LogP contribution in [0, 0.1) is 0 Å². The van der Waals surface area contributed by atoms with Gasteiger partial charge in [0.1, 0.15) is 0 Å². The molecule has 20 heavy (non-hydrogen) atoms. The lowest BCUT2D eigenvalue weighted by Crippen LogP contribution is -2.14. The van der Waals surface area contributed by atoms with Crippen LogP contribution in [0.1, 0.15) is 11.3 Å². The third-order valence-electron chi connectivity index (χ3n) is 2.54. The van der Waals surface area contributed by atoms with Gasteiger partial charge in [-0.1, -0.05) is 41.1 Å². The molecule has 0 aliphatic carbocycles. The molecule has 0 N–H and O–H groups in total. The van der Waals surface area contributed by atoms with Crippen LogP contribution in [0.2, 0.25) is 9.49 Å². The highest BCUT2D eigenvalue weighted by atomic mass is 35.5. The van der Waals surface area contributed by atoms with Crippen LogP contribution < -0.4 is 5.56 Å². The minimum Gasteiger partial charge on any atom is -0.267 e. The van der Waals surface area contributed by atoms with Crippen molar-refractivity contribution in [1.29, 1.82) is 0 Å². The Kier molecular flexibility index (Phi) is 3.56. The molecular weight excluding hydrogens is 317 g/mol. The average molecular weight is 324 g/mol. The standard InChI is InChI=1S/C13H7Cl2N3OS/c14-9-3-1-2-8(6-9)4-5-10-7-11(19)18-13(16-10)20-12(15)17-18/h1-7H/b5-4+. The topological polar surface area (TPSA) is 47.3 Å². The molecule has 0 unspecified atom stereocenters. The van der Waals surface area contributed by atoms with Crippen molar-refractivity contribution in [3.8, 4) is 0 Å². The van der Waals surface area contributed by atoms with Crippen LogP contribution in [0.15, 0.2) is 35.1 Å². The molecule has 0 aliphatic rings. The lowest BCUT2D eigenvalue weighted by atomic mass is 10.2. The second-order valence-electron chi connectivity index (χ2n) is 3.96. The molecule has 0 atom stereocenters. The number of hydrogen-bond acceptors (Lipinski definition) is 4. The number of hydrogen-bond donors (Lipinski definition) is 0. The highest BCUT2D eigenvalue weighted by molar-refractivity contribution is 7.20. The maximum Gasteiger partial charge on any atom is 0.275 e. The average Bonchev–Trinajstić information content (AvgIpc) is 2.78. The van der Waals surface area contributed by atoms with Crippen molar-refractivity contribution in [2.75, 3.05) is 0 Å². The Balaban J connectivity index is 2.00. The normalized spacial score (nSPS) is 11.5. The first-order valence-corrected chi connectivity index (χ1v) is 7.19. The van der Waals surface area contributed by atoms with Crippen molar-refractivity contribution < 1.29 is 0 Å². The molecule has 0 spiro atoms.